The summed E-state index contributed by atoms with van der Waals surface area (Å²) in [5.74, 6) is 0. The molecule has 4 nitrogen and oxygen atoms in total. The van der Waals surface area contributed by atoms with E-state index in [1.807, 2.05) is 0 Å². The SMILES string of the molecule is CC(O)C(F)S(=O)(=O)O. The van der Waals surface area contributed by atoms with E-state index < -0.39 is 21.7 Å². The van der Waals surface area contributed by atoms with Crippen LogP contribution in [0.5, 0.6) is 0 Å². The number of aliphatic hydroxyl groups excluding tert-OH is 1. The zero-order chi connectivity index (χ0) is 7.65. The molecule has 2 N–H and O–H groups in total. The molecule has 0 aliphatic rings. The van der Waals surface area contributed by atoms with Crippen molar-refractivity contribution in [2.45, 2.75) is 18.5 Å². The summed E-state index contributed by atoms with van der Waals surface area (Å²) in [7, 11) is -4.72. The van der Waals surface area contributed by atoms with Crippen LogP contribution in [0.2, 0.25) is 0 Å². The second-order valence-electron chi connectivity index (χ2n) is 1.61. The molecular formula is C3H7FO4S. The van der Waals surface area contributed by atoms with Crippen LogP contribution in [-0.2, 0) is 10.1 Å². The molecule has 0 amide bonds. The summed E-state index contributed by atoms with van der Waals surface area (Å²) in [5.41, 5.74) is -2.60. The summed E-state index contributed by atoms with van der Waals surface area (Å²) in [6.07, 6.45) is -1.69. The van der Waals surface area contributed by atoms with Crippen LogP contribution >= 0.6 is 0 Å². The van der Waals surface area contributed by atoms with E-state index in [1.165, 1.54) is 0 Å². The monoisotopic (exact) mass is 158 g/mol. The van der Waals surface area contributed by atoms with Crippen molar-refractivity contribution in [1.82, 2.24) is 0 Å². The quantitative estimate of drug-likeness (QED) is 0.534. The first-order valence-corrected chi connectivity index (χ1v) is 3.64. The summed E-state index contributed by atoms with van der Waals surface area (Å²) in [4.78, 5) is 0. The summed E-state index contributed by atoms with van der Waals surface area (Å²) in [6, 6.07) is 0. The highest BCUT2D eigenvalue weighted by Gasteiger charge is 2.26. The number of rotatable bonds is 2. The van der Waals surface area contributed by atoms with E-state index in [2.05, 4.69) is 0 Å². The Labute approximate surface area is 52.1 Å². The number of hydrogen-bond donors (Lipinski definition) is 2. The van der Waals surface area contributed by atoms with Gasteiger partial charge in [0.2, 0.25) is 0 Å². The van der Waals surface area contributed by atoms with Gasteiger partial charge in [-0.3, -0.25) is 4.55 Å². The van der Waals surface area contributed by atoms with Crippen LogP contribution in [0.3, 0.4) is 0 Å². The second kappa shape index (κ2) is 2.59. The predicted octanol–water partition coefficient (Wildman–Crippen LogP) is -0.449. The molecule has 0 saturated heterocycles. The van der Waals surface area contributed by atoms with Gasteiger partial charge in [0.1, 0.15) is 0 Å². The first-order chi connectivity index (χ1) is 3.85. The zero-order valence-corrected chi connectivity index (χ0v) is 5.47. The second-order valence-corrected chi connectivity index (χ2v) is 3.09. The van der Waals surface area contributed by atoms with Gasteiger partial charge in [-0.2, -0.15) is 8.42 Å². The zero-order valence-electron chi connectivity index (χ0n) is 4.65. The summed E-state index contributed by atoms with van der Waals surface area (Å²) in [5, 5.41) is 8.24. The molecule has 9 heavy (non-hydrogen) atoms. The van der Waals surface area contributed by atoms with Crippen molar-refractivity contribution in [3.8, 4) is 0 Å². The molecule has 0 aliphatic heterocycles. The van der Waals surface area contributed by atoms with Gasteiger partial charge in [-0.25, -0.2) is 4.39 Å². The van der Waals surface area contributed by atoms with Crippen molar-refractivity contribution in [3.63, 3.8) is 0 Å². The number of aliphatic hydroxyl groups is 1. The molecule has 0 rings (SSSR count). The fourth-order valence-corrected chi connectivity index (χ4v) is 0.747. The lowest BCUT2D eigenvalue weighted by atomic mass is 10.5. The Bertz CT molecular complexity index is 172. The highest BCUT2D eigenvalue weighted by molar-refractivity contribution is 7.86. The minimum absolute atomic E-state index is 0.929. The van der Waals surface area contributed by atoms with Gasteiger partial charge in [0.15, 0.2) is 0 Å². The standard InChI is InChI=1S/C3H7FO4S/c1-2(5)3(4)9(6,7)8/h2-3,5H,1H3,(H,6,7,8). The van der Waals surface area contributed by atoms with Crippen LogP contribution in [0.15, 0.2) is 0 Å². The first kappa shape index (κ1) is 8.80. The van der Waals surface area contributed by atoms with Crippen LogP contribution in [0, 0.1) is 0 Å². The minimum Gasteiger partial charge on any atom is -0.389 e. The third-order valence-corrected chi connectivity index (χ3v) is 1.63. The number of halogens is 1. The molecule has 0 aromatic heterocycles. The normalized spacial score (nSPS) is 19.1. The molecule has 0 heterocycles. The first-order valence-electron chi connectivity index (χ1n) is 2.14. The van der Waals surface area contributed by atoms with E-state index in [1.54, 1.807) is 0 Å². The predicted molar refractivity (Wildman–Crippen MR) is 28.1 cm³/mol. The molecule has 0 bridgehead atoms. The maximum absolute atomic E-state index is 11.9. The van der Waals surface area contributed by atoms with Gasteiger partial charge in [0, 0.05) is 0 Å². The highest BCUT2D eigenvalue weighted by Crippen LogP contribution is 2.04. The molecule has 0 aromatic rings. The Morgan fingerprint density at radius 3 is 1.89 bits per heavy atom. The molecule has 0 saturated carbocycles. The van der Waals surface area contributed by atoms with E-state index in [9.17, 15) is 12.8 Å². The van der Waals surface area contributed by atoms with Crippen LogP contribution in [0.1, 0.15) is 6.92 Å². The molecule has 0 radical (unpaired) electrons. The molecule has 0 spiro atoms. The average molecular weight is 158 g/mol. The molecule has 2 atom stereocenters. The van der Waals surface area contributed by atoms with E-state index >= 15 is 0 Å². The lowest BCUT2D eigenvalue weighted by Gasteiger charge is -2.05. The fourth-order valence-electron chi connectivity index (χ4n) is 0.249. The van der Waals surface area contributed by atoms with E-state index in [0.717, 1.165) is 6.92 Å². The van der Waals surface area contributed by atoms with Crippen LogP contribution in [0.4, 0.5) is 4.39 Å². The van der Waals surface area contributed by atoms with Crippen molar-refractivity contribution in [2.24, 2.45) is 0 Å². The number of alkyl halides is 1. The Kier molecular flexibility index (Phi) is 2.53. The number of hydrogen-bond acceptors (Lipinski definition) is 3. The third kappa shape index (κ3) is 2.73. The van der Waals surface area contributed by atoms with Crippen molar-refractivity contribution in [2.75, 3.05) is 0 Å². The minimum atomic E-state index is -4.72. The van der Waals surface area contributed by atoms with Gasteiger partial charge in [-0.15, -0.1) is 0 Å². The maximum atomic E-state index is 11.9. The molecule has 6 heteroatoms. The largest absolute Gasteiger partial charge is 0.389 e. The highest BCUT2D eigenvalue weighted by atomic mass is 32.2. The van der Waals surface area contributed by atoms with Gasteiger partial charge in [0.05, 0.1) is 6.10 Å². The van der Waals surface area contributed by atoms with E-state index in [-0.39, 0.29) is 0 Å². The Morgan fingerprint density at radius 1 is 1.56 bits per heavy atom. The maximum Gasteiger partial charge on any atom is 0.300 e. The van der Waals surface area contributed by atoms with Crippen molar-refractivity contribution in [1.29, 1.82) is 0 Å². The van der Waals surface area contributed by atoms with Crippen LogP contribution < -0.4 is 0 Å². The van der Waals surface area contributed by atoms with Crippen molar-refractivity contribution >= 4 is 10.1 Å². The molecule has 0 aromatic carbocycles. The molecule has 0 aliphatic carbocycles. The Hall–Kier alpha value is -0.200. The van der Waals surface area contributed by atoms with Crippen LogP contribution in [0.25, 0.3) is 0 Å². The lowest BCUT2D eigenvalue weighted by molar-refractivity contribution is 0.129. The third-order valence-electron chi connectivity index (χ3n) is 0.664. The molecular weight excluding hydrogens is 151 g/mol. The Balaban J connectivity index is 4.24. The van der Waals surface area contributed by atoms with E-state index in [0.29, 0.717) is 0 Å². The smallest absolute Gasteiger partial charge is 0.300 e. The molecule has 2 unspecified atom stereocenters. The summed E-state index contributed by atoms with van der Waals surface area (Å²) >= 11 is 0. The lowest BCUT2D eigenvalue weighted by Crippen LogP contribution is -2.26. The van der Waals surface area contributed by atoms with Crippen LogP contribution in [-0.4, -0.2) is 29.7 Å². The Morgan fingerprint density at radius 2 is 1.89 bits per heavy atom. The van der Waals surface area contributed by atoms with E-state index in [4.69, 9.17) is 9.66 Å². The van der Waals surface area contributed by atoms with Crippen molar-refractivity contribution < 1.29 is 22.5 Å². The topological polar surface area (TPSA) is 74.6 Å². The van der Waals surface area contributed by atoms with Gasteiger partial charge >= 0.3 is 0 Å². The van der Waals surface area contributed by atoms with Gasteiger partial charge < -0.3 is 5.11 Å². The van der Waals surface area contributed by atoms with Crippen molar-refractivity contribution in [3.05, 3.63) is 0 Å². The molecule has 0 fully saturated rings. The average Bonchev–Trinajstić information content (AvgIpc) is 1.62. The molecule has 56 valence electrons. The van der Waals surface area contributed by atoms with Gasteiger partial charge in [-0.05, 0) is 6.92 Å². The van der Waals surface area contributed by atoms with Gasteiger partial charge in [-0.1, -0.05) is 0 Å². The van der Waals surface area contributed by atoms with Gasteiger partial charge in [0.25, 0.3) is 15.6 Å². The summed E-state index contributed by atoms with van der Waals surface area (Å²) in [6.45, 7) is 0.929. The summed E-state index contributed by atoms with van der Waals surface area (Å²) < 4.78 is 39.4. The fraction of sp³-hybridized carbons (Fsp3) is 1.00.